The normalized spacial score (nSPS) is 11.2. The number of guanidine groups is 1. The number of ether oxygens (including phenoxy) is 2. The number of aromatic nitrogens is 2. The number of hydrogen-bond acceptors (Lipinski definition) is 6. The maximum atomic E-state index is 5.64. The van der Waals surface area contributed by atoms with Crippen molar-refractivity contribution in [2.75, 3.05) is 27.4 Å². The van der Waals surface area contributed by atoms with Crippen LogP contribution in [0.4, 0.5) is 0 Å². The minimum Gasteiger partial charge on any atom is -0.475 e. The van der Waals surface area contributed by atoms with E-state index in [4.69, 9.17) is 14.0 Å². The van der Waals surface area contributed by atoms with E-state index in [0.29, 0.717) is 44.1 Å². The van der Waals surface area contributed by atoms with Gasteiger partial charge >= 0.3 is 0 Å². The molecule has 0 unspecified atom stereocenters. The maximum absolute atomic E-state index is 5.64. The van der Waals surface area contributed by atoms with Crippen molar-refractivity contribution < 1.29 is 14.0 Å². The van der Waals surface area contributed by atoms with Crippen LogP contribution in [0.5, 0.6) is 5.88 Å². The molecule has 0 aliphatic heterocycles. The average molecular weight is 489 g/mol. The topological polar surface area (TPSA) is 93.8 Å². The highest BCUT2D eigenvalue weighted by Gasteiger charge is 2.09. The van der Waals surface area contributed by atoms with Crippen molar-refractivity contribution in [1.82, 2.24) is 20.8 Å². The molecule has 0 aromatic carbocycles. The predicted molar refractivity (Wildman–Crippen MR) is 115 cm³/mol. The van der Waals surface area contributed by atoms with Crippen LogP contribution in [0, 0.1) is 0 Å². The van der Waals surface area contributed by atoms with Crippen LogP contribution in [-0.2, 0) is 17.8 Å². The number of nitrogens with one attached hydrogen (secondary N) is 2. The first kappa shape index (κ1) is 23.2. The summed E-state index contributed by atoms with van der Waals surface area (Å²) >= 11 is 0. The van der Waals surface area contributed by atoms with Crippen molar-refractivity contribution in [3.05, 3.63) is 41.4 Å². The molecule has 8 nitrogen and oxygen atoms in total. The highest BCUT2D eigenvalue weighted by Crippen LogP contribution is 2.15. The van der Waals surface area contributed by atoms with Gasteiger partial charge in [0.25, 0.3) is 0 Å². The molecule has 150 valence electrons. The van der Waals surface area contributed by atoms with Gasteiger partial charge in [-0.3, -0.25) is 4.99 Å². The van der Waals surface area contributed by atoms with Gasteiger partial charge in [-0.05, 0) is 12.0 Å². The Morgan fingerprint density at radius 2 is 2.04 bits per heavy atom. The number of aliphatic imine (C=N–C) groups is 1. The summed E-state index contributed by atoms with van der Waals surface area (Å²) in [6, 6.07) is 5.78. The van der Waals surface area contributed by atoms with Crippen LogP contribution in [0.15, 0.2) is 33.9 Å². The Kier molecular flexibility index (Phi) is 10.7. The summed E-state index contributed by atoms with van der Waals surface area (Å²) in [5.74, 6) is 2.34. The molecule has 2 rings (SSSR count). The van der Waals surface area contributed by atoms with Crippen LogP contribution in [0.2, 0.25) is 0 Å². The highest BCUT2D eigenvalue weighted by molar-refractivity contribution is 14.0. The third kappa shape index (κ3) is 7.71. The Morgan fingerprint density at radius 3 is 2.70 bits per heavy atom. The van der Waals surface area contributed by atoms with Crippen molar-refractivity contribution in [2.24, 2.45) is 4.99 Å². The molecule has 2 aromatic heterocycles. The molecule has 0 amide bonds. The summed E-state index contributed by atoms with van der Waals surface area (Å²) in [5.41, 5.74) is 1.88. The van der Waals surface area contributed by atoms with Gasteiger partial charge in [0, 0.05) is 38.5 Å². The molecule has 0 radical (unpaired) electrons. The van der Waals surface area contributed by atoms with Gasteiger partial charge in [-0.15, -0.1) is 24.0 Å². The predicted octanol–water partition coefficient (Wildman–Crippen LogP) is 2.70. The fourth-order valence-corrected chi connectivity index (χ4v) is 2.17. The zero-order valence-electron chi connectivity index (χ0n) is 16.2. The molecule has 0 spiro atoms. The number of rotatable bonds is 9. The quantitative estimate of drug-likeness (QED) is 0.242. The Bertz CT molecular complexity index is 706. The van der Waals surface area contributed by atoms with Gasteiger partial charge in [0.1, 0.15) is 6.61 Å². The molecule has 27 heavy (non-hydrogen) atoms. The van der Waals surface area contributed by atoms with Gasteiger partial charge < -0.3 is 24.6 Å². The Labute approximate surface area is 177 Å². The Hall–Kier alpha value is -1.88. The number of halogens is 1. The fraction of sp³-hybridized carbons (Fsp3) is 0.500. The number of pyridine rings is 1. The van der Waals surface area contributed by atoms with E-state index in [-0.39, 0.29) is 24.0 Å². The number of methoxy groups -OCH3 is 1. The molecule has 0 aliphatic rings. The van der Waals surface area contributed by atoms with Gasteiger partial charge in [-0.2, -0.15) is 0 Å². The lowest BCUT2D eigenvalue weighted by Gasteiger charge is -2.13. The zero-order chi connectivity index (χ0) is 18.8. The second kappa shape index (κ2) is 12.5. The Balaban J connectivity index is 0.00000364. The summed E-state index contributed by atoms with van der Waals surface area (Å²) in [5, 5.41) is 10.5. The van der Waals surface area contributed by atoms with E-state index in [9.17, 15) is 0 Å². The minimum atomic E-state index is 0. The second-order valence-electron chi connectivity index (χ2n) is 5.96. The van der Waals surface area contributed by atoms with Crippen molar-refractivity contribution in [3.63, 3.8) is 0 Å². The average Bonchev–Trinajstić information content (AvgIpc) is 3.12. The molecule has 0 saturated carbocycles. The summed E-state index contributed by atoms with van der Waals surface area (Å²) in [6.45, 7) is 6.16. The van der Waals surface area contributed by atoms with Gasteiger partial charge in [-0.25, -0.2) is 4.98 Å². The van der Waals surface area contributed by atoms with E-state index in [1.54, 1.807) is 20.4 Å². The summed E-state index contributed by atoms with van der Waals surface area (Å²) < 4.78 is 16.0. The molecule has 2 heterocycles. The van der Waals surface area contributed by atoms with Crippen molar-refractivity contribution >= 4 is 29.9 Å². The highest BCUT2D eigenvalue weighted by atomic mass is 127. The van der Waals surface area contributed by atoms with Crippen LogP contribution in [-0.4, -0.2) is 43.5 Å². The number of hydrogen-bond donors (Lipinski definition) is 2. The maximum Gasteiger partial charge on any atom is 0.218 e. The smallest absolute Gasteiger partial charge is 0.218 e. The largest absolute Gasteiger partial charge is 0.475 e. The van der Waals surface area contributed by atoms with Crippen LogP contribution in [0.3, 0.4) is 0 Å². The Morgan fingerprint density at radius 1 is 1.26 bits per heavy atom. The molecule has 0 fully saturated rings. The molecule has 0 aliphatic carbocycles. The second-order valence-corrected chi connectivity index (χ2v) is 5.96. The van der Waals surface area contributed by atoms with E-state index in [0.717, 1.165) is 17.0 Å². The number of nitrogens with zero attached hydrogens (tertiary/aromatic N) is 3. The summed E-state index contributed by atoms with van der Waals surface area (Å²) in [6.07, 6.45) is 1.70. The first-order valence-corrected chi connectivity index (χ1v) is 8.59. The van der Waals surface area contributed by atoms with E-state index in [1.165, 1.54) is 0 Å². The first-order chi connectivity index (χ1) is 12.6. The van der Waals surface area contributed by atoms with Gasteiger partial charge in [0.15, 0.2) is 11.7 Å². The SMILES string of the molecule is CN=C(NCc1cc(C(C)C)no1)NCc1cccnc1OCCOC.I. The monoisotopic (exact) mass is 489 g/mol. The molecule has 9 heteroatoms. The third-order valence-corrected chi connectivity index (χ3v) is 3.64. The minimum absolute atomic E-state index is 0. The van der Waals surface area contributed by atoms with Gasteiger partial charge in [0.05, 0.1) is 18.8 Å². The molecular formula is C18H28IN5O3. The van der Waals surface area contributed by atoms with Crippen LogP contribution < -0.4 is 15.4 Å². The molecule has 0 atom stereocenters. The lowest BCUT2D eigenvalue weighted by atomic mass is 10.1. The van der Waals surface area contributed by atoms with E-state index < -0.39 is 0 Å². The van der Waals surface area contributed by atoms with Gasteiger partial charge in [0.2, 0.25) is 5.88 Å². The van der Waals surface area contributed by atoms with Crippen molar-refractivity contribution in [1.29, 1.82) is 0 Å². The van der Waals surface area contributed by atoms with Gasteiger partial charge in [-0.1, -0.05) is 25.1 Å². The molecular weight excluding hydrogens is 461 g/mol. The molecule has 0 bridgehead atoms. The van der Waals surface area contributed by atoms with Crippen molar-refractivity contribution in [3.8, 4) is 5.88 Å². The summed E-state index contributed by atoms with van der Waals surface area (Å²) in [4.78, 5) is 8.48. The first-order valence-electron chi connectivity index (χ1n) is 8.59. The van der Waals surface area contributed by atoms with Crippen LogP contribution in [0.1, 0.15) is 36.8 Å². The van der Waals surface area contributed by atoms with E-state index in [2.05, 4.69) is 39.6 Å². The summed E-state index contributed by atoms with van der Waals surface area (Å²) in [7, 11) is 3.35. The zero-order valence-corrected chi connectivity index (χ0v) is 18.5. The van der Waals surface area contributed by atoms with Crippen LogP contribution in [0.25, 0.3) is 0 Å². The lowest BCUT2D eigenvalue weighted by molar-refractivity contribution is 0.143. The molecule has 0 saturated heterocycles. The fourth-order valence-electron chi connectivity index (χ4n) is 2.17. The third-order valence-electron chi connectivity index (χ3n) is 3.64. The van der Waals surface area contributed by atoms with E-state index in [1.807, 2.05) is 18.2 Å². The molecule has 2 aromatic rings. The van der Waals surface area contributed by atoms with E-state index >= 15 is 0 Å². The lowest BCUT2D eigenvalue weighted by Crippen LogP contribution is -2.36. The van der Waals surface area contributed by atoms with Crippen molar-refractivity contribution in [2.45, 2.75) is 32.9 Å². The standard InChI is InChI=1S/C18H27N5O3.HI/c1-13(2)16-10-15(26-23-16)12-22-18(19-3)21-11-14-6-5-7-20-17(14)25-9-8-24-4;/h5-7,10,13H,8-9,11-12H2,1-4H3,(H2,19,21,22);1H. The van der Waals surface area contributed by atoms with Crippen LogP contribution >= 0.6 is 24.0 Å². The molecule has 2 N–H and O–H groups in total.